The highest BCUT2D eigenvalue weighted by molar-refractivity contribution is 8.01. The van der Waals surface area contributed by atoms with Crippen LogP contribution in [0, 0.1) is 10.1 Å². The van der Waals surface area contributed by atoms with E-state index in [9.17, 15) is 14.9 Å². The fourth-order valence-electron chi connectivity index (χ4n) is 0.970. The van der Waals surface area contributed by atoms with E-state index in [0.717, 1.165) is 11.3 Å². The molecular formula is C9H11NO4S2. The van der Waals surface area contributed by atoms with E-state index in [-0.39, 0.29) is 23.3 Å². The van der Waals surface area contributed by atoms with E-state index >= 15 is 0 Å². The third-order valence-electron chi connectivity index (χ3n) is 1.79. The molecule has 16 heavy (non-hydrogen) atoms. The van der Waals surface area contributed by atoms with Crippen LogP contribution in [0.5, 0.6) is 0 Å². The van der Waals surface area contributed by atoms with Gasteiger partial charge in [-0.05, 0) is 6.92 Å². The quantitative estimate of drug-likeness (QED) is 0.381. The fraction of sp³-hybridized carbons (Fsp3) is 0.444. The van der Waals surface area contributed by atoms with E-state index in [1.807, 2.05) is 0 Å². The first-order chi connectivity index (χ1) is 7.45. The van der Waals surface area contributed by atoms with Crippen LogP contribution in [-0.4, -0.2) is 27.7 Å². The first-order valence-corrected chi connectivity index (χ1v) is 6.22. The molecule has 1 heterocycles. The van der Waals surface area contributed by atoms with Gasteiger partial charge in [0.25, 0.3) is 5.69 Å². The van der Waals surface area contributed by atoms with E-state index in [0.29, 0.717) is 9.09 Å². The number of nitro groups is 1. The highest BCUT2D eigenvalue weighted by Gasteiger charge is 2.22. The number of Topliss-reactive ketones (excluding diaryl/α,β-unsaturated/α-hetero) is 1. The van der Waals surface area contributed by atoms with Crippen molar-refractivity contribution in [3.05, 3.63) is 21.1 Å². The Balaban J connectivity index is 3.05. The van der Waals surface area contributed by atoms with Gasteiger partial charge in [-0.15, -0.1) is 23.1 Å². The van der Waals surface area contributed by atoms with Gasteiger partial charge in [-0.1, -0.05) is 6.92 Å². The van der Waals surface area contributed by atoms with Crippen molar-refractivity contribution < 1.29 is 14.8 Å². The topological polar surface area (TPSA) is 80.4 Å². The van der Waals surface area contributed by atoms with Crippen molar-refractivity contribution in [2.75, 3.05) is 6.61 Å². The summed E-state index contributed by atoms with van der Waals surface area (Å²) in [5.41, 5.74) is -0.0551. The maximum absolute atomic E-state index is 11.1. The molecule has 0 spiro atoms. The first-order valence-electron chi connectivity index (χ1n) is 4.52. The number of carbonyl (C=O) groups is 1. The Morgan fingerprint density at radius 3 is 2.81 bits per heavy atom. The van der Waals surface area contributed by atoms with Crippen molar-refractivity contribution in [3.8, 4) is 0 Å². The second-order valence-corrected chi connectivity index (χ2v) is 5.97. The first kappa shape index (κ1) is 13.1. The van der Waals surface area contributed by atoms with Crippen LogP contribution in [0.25, 0.3) is 0 Å². The summed E-state index contributed by atoms with van der Waals surface area (Å²) in [6.07, 6.45) is 0. The van der Waals surface area contributed by atoms with Crippen LogP contribution in [0.15, 0.2) is 10.3 Å². The third kappa shape index (κ3) is 3.03. The molecule has 1 N–H and O–H groups in total. The van der Waals surface area contributed by atoms with Gasteiger partial charge in [0.05, 0.1) is 16.4 Å². The number of carbonyl (C=O) groups excluding carboxylic acids is 1. The van der Waals surface area contributed by atoms with Crippen LogP contribution >= 0.6 is 23.1 Å². The standard InChI is InChI=1S/C9H11NO4S2/c1-5(4-11)15-9-7(10(13)14)3-8(16-9)6(2)12/h3,5,11H,4H2,1-2H3. The zero-order chi connectivity index (χ0) is 12.3. The molecule has 7 heteroatoms. The summed E-state index contributed by atoms with van der Waals surface area (Å²) in [6, 6.07) is 1.29. The average molecular weight is 261 g/mol. The summed E-state index contributed by atoms with van der Waals surface area (Å²) in [5.74, 6) is -0.184. The lowest BCUT2D eigenvalue weighted by Gasteiger charge is -2.03. The summed E-state index contributed by atoms with van der Waals surface area (Å²) < 4.78 is 0.469. The highest BCUT2D eigenvalue weighted by Crippen LogP contribution is 2.39. The molecule has 5 nitrogen and oxygen atoms in total. The number of aliphatic hydroxyl groups excluding tert-OH is 1. The van der Waals surface area contributed by atoms with E-state index < -0.39 is 4.92 Å². The molecule has 88 valence electrons. The Kier molecular flexibility index (Phi) is 4.45. The molecule has 1 atom stereocenters. The van der Waals surface area contributed by atoms with Gasteiger partial charge in [-0.25, -0.2) is 0 Å². The number of nitrogens with zero attached hydrogens (tertiary/aromatic N) is 1. The van der Waals surface area contributed by atoms with Gasteiger partial charge in [-0.3, -0.25) is 14.9 Å². The molecule has 0 bridgehead atoms. The van der Waals surface area contributed by atoms with Crippen molar-refractivity contribution in [1.29, 1.82) is 0 Å². The van der Waals surface area contributed by atoms with Gasteiger partial charge in [0.1, 0.15) is 4.21 Å². The summed E-state index contributed by atoms with van der Waals surface area (Å²) in [5, 5.41) is 19.5. The lowest BCUT2D eigenvalue weighted by Crippen LogP contribution is -2.01. The Labute approximate surface area is 101 Å². The van der Waals surface area contributed by atoms with Crippen molar-refractivity contribution in [1.82, 2.24) is 0 Å². The van der Waals surface area contributed by atoms with E-state index in [4.69, 9.17) is 5.11 Å². The average Bonchev–Trinajstić information content (AvgIpc) is 2.61. The molecule has 0 radical (unpaired) electrons. The van der Waals surface area contributed by atoms with Crippen LogP contribution < -0.4 is 0 Å². The maximum Gasteiger partial charge on any atom is 0.294 e. The van der Waals surface area contributed by atoms with Crippen LogP contribution in [0.4, 0.5) is 5.69 Å². The second-order valence-electron chi connectivity index (χ2n) is 3.21. The molecule has 0 aliphatic carbocycles. The summed E-state index contributed by atoms with van der Waals surface area (Å²) in [4.78, 5) is 21.7. The van der Waals surface area contributed by atoms with Crippen LogP contribution in [0.3, 0.4) is 0 Å². The maximum atomic E-state index is 11.1. The number of hydrogen-bond acceptors (Lipinski definition) is 6. The molecule has 0 saturated heterocycles. The molecular weight excluding hydrogens is 250 g/mol. The minimum absolute atomic E-state index is 0.0551. The van der Waals surface area contributed by atoms with Gasteiger partial charge < -0.3 is 5.11 Å². The Bertz CT molecular complexity index is 416. The molecule has 0 aromatic carbocycles. The third-order valence-corrected chi connectivity index (χ3v) is 4.32. The molecule has 1 aromatic heterocycles. The second kappa shape index (κ2) is 5.42. The van der Waals surface area contributed by atoms with Gasteiger partial charge >= 0.3 is 0 Å². The predicted octanol–water partition coefficient (Wildman–Crippen LogP) is 2.33. The molecule has 0 fully saturated rings. The molecule has 0 aliphatic heterocycles. The molecule has 0 saturated carbocycles. The Morgan fingerprint density at radius 2 is 2.38 bits per heavy atom. The van der Waals surface area contributed by atoms with Crippen molar-refractivity contribution in [2.24, 2.45) is 0 Å². The summed E-state index contributed by atoms with van der Waals surface area (Å²) >= 11 is 2.31. The van der Waals surface area contributed by atoms with Crippen molar-refractivity contribution in [3.63, 3.8) is 0 Å². The number of thioether (sulfide) groups is 1. The van der Waals surface area contributed by atoms with E-state index in [2.05, 4.69) is 0 Å². The molecule has 1 unspecified atom stereocenters. The van der Waals surface area contributed by atoms with Crippen LogP contribution in [-0.2, 0) is 0 Å². The largest absolute Gasteiger partial charge is 0.395 e. The fourth-order valence-corrected chi connectivity index (χ4v) is 3.37. The van der Waals surface area contributed by atoms with Gasteiger partial charge in [0.15, 0.2) is 5.78 Å². The normalized spacial score (nSPS) is 12.4. The number of hydrogen-bond donors (Lipinski definition) is 1. The van der Waals surface area contributed by atoms with Crippen LogP contribution in [0.1, 0.15) is 23.5 Å². The number of rotatable bonds is 5. The van der Waals surface area contributed by atoms with Crippen LogP contribution in [0.2, 0.25) is 0 Å². The Hall–Kier alpha value is -0.920. The SMILES string of the molecule is CC(=O)c1cc([N+](=O)[O-])c(SC(C)CO)s1. The van der Waals surface area contributed by atoms with Gasteiger partial charge in [0.2, 0.25) is 0 Å². The molecule has 0 aliphatic rings. The summed E-state index contributed by atoms with van der Waals surface area (Å²) in [6.45, 7) is 3.08. The van der Waals surface area contributed by atoms with E-state index in [1.54, 1.807) is 6.92 Å². The minimum atomic E-state index is -0.505. The molecule has 0 amide bonds. The van der Waals surface area contributed by atoms with Gasteiger partial charge in [0, 0.05) is 11.3 Å². The molecule has 1 aromatic rings. The summed E-state index contributed by atoms with van der Waals surface area (Å²) in [7, 11) is 0. The highest BCUT2D eigenvalue weighted by atomic mass is 32.2. The zero-order valence-electron chi connectivity index (χ0n) is 8.80. The monoisotopic (exact) mass is 261 g/mol. The zero-order valence-corrected chi connectivity index (χ0v) is 10.4. The lowest BCUT2D eigenvalue weighted by atomic mass is 10.3. The van der Waals surface area contributed by atoms with Crippen molar-refractivity contribution >= 4 is 34.6 Å². The molecule has 1 rings (SSSR count). The number of ketones is 1. The predicted molar refractivity (Wildman–Crippen MR) is 63.4 cm³/mol. The minimum Gasteiger partial charge on any atom is -0.395 e. The van der Waals surface area contributed by atoms with Gasteiger partial charge in [-0.2, -0.15) is 0 Å². The van der Waals surface area contributed by atoms with E-state index in [1.165, 1.54) is 24.8 Å². The lowest BCUT2D eigenvalue weighted by molar-refractivity contribution is -0.387. The van der Waals surface area contributed by atoms with Crippen molar-refractivity contribution in [2.45, 2.75) is 23.3 Å². The number of aliphatic hydroxyl groups is 1. The smallest absolute Gasteiger partial charge is 0.294 e. The number of thiophene rings is 1. The Morgan fingerprint density at radius 1 is 1.75 bits per heavy atom.